The Hall–Kier alpha value is -1.90. The van der Waals surface area contributed by atoms with Crippen molar-refractivity contribution in [2.45, 2.75) is 153 Å². The number of amides is 1. The minimum absolute atomic E-state index is 0.0363. The molecule has 12 heteroatoms. The van der Waals surface area contributed by atoms with E-state index in [1.807, 2.05) is 13.8 Å². The van der Waals surface area contributed by atoms with E-state index < -0.39 is 59.5 Å². The second-order valence-electron chi connectivity index (χ2n) is 17.6. The average molecular weight is 716 g/mol. The summed E-state index contributed by atoms with van der Waals surface area (Å²) in [5, 5.41) is 2.75. The largest absolute Gasteiger partial charge is 0.443 e. The molecule has 4 bridgehead atoms. The first kappa shape index (κ1) is 34.8. The Bertz CT molecular complexity index is 1520. The number of carbonyl (C=O) groups excluding carboxylic acids is 1. The molecule has 1 aromatic rings. The molecule has 282 valence electrons. The van der Waals surface area contributed by atoms with Gasteiger partial charge in [-0.25, -0.2) is 28.7 Å². The highest BCUT2D eigenvalue weighted by molar-refractivity contribution is 5.84. The maximum Gasteiger partial charge on any atom is 0.411 e. The van der Waals surface area contributed by atoms with Gasteiger partial charge in [-0.1, -0.05) is 33.8 Å². The minimum Gasteiger partial charge on any atom is -0.443 e. The molecule has 1 amide bonds. The van der Waals surface area contributed by atoms with Crippen molar-refractivity contribution < 1.29 is 52.4 Å². The van der Waals surface area contributed by atoms with Crippen LogP contribution in [0, 0.1) is 53.2 Å². The number of hydrogen-bond donors (Lipinski definition) is 1. The molecule has 8 aliphatic heterocycles. The van der Waals surface area contributed by atoms with Gasteiger partial charge in [-0.2, -0.15) is 0 Å². The summed E-state index contributed by atoms with van der Waals surface area (Å²) in [6, 6.07) is 5.78. The first-order chi connectivity index (χ1) is 24.3. The predicted octanol–water partition coefficient (Wildman–Crippen LogP) is 7.63. The summed E-state index contributed by atoms with van der Waals surface area (Å²) < 4.78 is 47.8. The average Bonchev–Trinajstić information content (AvgIpc) is 3.46. The van der Waals surface area contributed by atoms with Gasteiger partial charge in [0, 0.05) is 36.8 Å². The summed E-state index contributed by atoms with van der Waals surface area (Å²) in [6.45, 7) is 12.8. The highest BCUT2D eigenvalue weighted by Gasteiger charge is 2.72. The Morgan fingerprint density at radius 1 is 0.804 bits per heavy atom. The lowest BCUT2D eigenvalue weighted by atomic mass is 9.56. The maximum absolute atomic E-state index is 14.1. The van der Waals surface area contributed by atoms with Crippen molar-refractivity contribution in [2.24, 2.45) is 47.3 Å². The van der Waals surface area contributed by atoms with Gasteiger partial charge in [0.25, 0.3) is 0 Å². The molecule has 1 unspecified atom stereocenters. The second kappa shape index (κ2) is 12.3. The number of hydrogen-bond acceptors (Lipinski definition) is 10. The fourth-order valence-electron chi connectivity index (χ4n) is 11.9. The molecule has 0 aromatic heterocycles. The van der Waals surface area contributed by atoms with Crippen LogP contribution < -0.4 is 5.32 Å². The van der Waals surface area contributed by atoms with Gasteiger partial charge < -0.3 is 23.7 Å². The van der Waals surface area contributed by atoms with Crippen LogP contribution in [0.5, 0.6) is 0 Å². The molecule has 17 atom stereocenters. The van der Waals surface area contributed by atoms with Gasteiger partial charge >= 0.3 is 6.09 Å². The van der Waals surface area contributed by atoms with Crippen molar-refractivity contribution in [2.75, 3.05) is 5.32 Å². The summed E-state index contributed by atoms with van der Waals surface area (Å²) in [6.07, 6.45) is 4.02. The first-order valence-electron chi connectivity index (χ1n) is 19.5. The molecule has 2 spiro atoms. The van der Waals surface area contributed by atoms with Gasteiger partial charge in [-0.3, -0.25) is 5.32 Å². The van der Waals surface area contributed by atoms with Crippen LogP contribution in [0.1, 0.15) is 99.3 Å². The van der Waals surface area contributed by atoms with Crippen LogP contribution >= 0.6 is 0 Å². The monoisotopic (exact) mass is 715 g/mol. The second-order valence-corrected chi connectivity index (χ2v) is 17.6. The van der Waals surface area contributed by atoms with Gasteiger partial charge in [-0.05, 0) is 106 Å². The van der Waals surface area contributed by atoms with E-state index in [9.17, 15) is 9.18 Å². The fourth-order valence-corrected chi connectivity index (χ4v) is 11.9. The van der Waals surface area contributed by atoms with E-state index >= 15 is 0 Å². The SMILES string of the molecule is C[C@H]1[C@@H](C[C@H](OC(=O)Nc2cccc(F)c2)C2O[C@@H]3O[C@@]4(C)CC[C@H]5[C@H](C)CC[C@@H]([C@H]2C)[C@@]35OO4)O[C@@H]2O[C@@]3(C)CC[C@H]4[C@H](C)CC[C@@H]1[C@@]24OO3. The van der Waals surface area contributed by atoms with Crippen LogP contribution in [0.15, 0.2) is 24.3 Å². The van der Waals surface area contributed by atoms with Crippen LogP contribution in [0.3, 0.4) is 0 Å². The van der Waals surface area contributed by atoms with E-state index in [2.05, 4.69) is 33.0 Å². The van der Waals surface area contributed by atoms with Crippen LogP contribution in [-0.4, -0.2) is 59.8 Å². The molecule has 8 saturated heterocycles. The number of ether oxygens (including phenoxy) is 5. The summed E-state index contributed by atoms with van der Waals surface area (Å²) in [4.78, 5) is 38.6. The lowest BCUT2D eigenvalue weighted by Gasteiger charge is -2.62. The molecular weight excluding hydrogens is 661 g/mol. The molecule has 11 rings (SSSR count). The Kier molecular flexibility index (Phi) is 8.41. The van der Waals surface area contributed by atoms with E-state index in [0.717, 1.165) is 44.9 Å². The number of anilines is 1. The quantitative estimate of drug-likeness (QED) is 0.306. The standard InChI is InChI=1S/C39H54FNO10/c1-20-10-12-28-22(3)30(43-33-38(28)26(20)14-16-36(5,46-33)48-50-38)19-31(44-35(42)41-25-9-7-8-24(40)18-25)32-23(4)29-13-11-21(2)27-15-17-37(6)47-34(45-32)39(27,29)51-49-37/h7-9,18,20-23,26-34H,10-17,19H2,1-6H3,(H,41,42)/t20-,21-,22-,23-,26+,27+,28+,29+,30-,31+,32?,33-,34-,36-,37-,38-,39-/m1/s1. The van der Waals surface area contributed by atoms with Crippen LogP contribution in [0.2, 0.25) is 0 Å². The van der Waals surface area contributed by atoms with Gasteiger partial charge in [0.05, 0.1) is 6.10 Å². The van der Waals surface area contributed by atoms with E-state index in [1.54, 1.807) is 12.1 Å². The zero-order chi connectivity index (χ0) is 35.5. The number of halogens is 1. The van der Waals surface area contributed by atoms with E-state index in [0.29, 0.717) is 30.4 Å². The van der Waals surface area contributed by atoms with Gasteiger partial charge in [0.15, 0.2) is 23.8 Å². The minimum atomic E-state index is -0.938. The number of rotatable bonds is 5. The van der Waals surface area contributed by atoms with Gasteiger partial charge in [0.2, 0.25) is 11.6 Å². The number of benzene rings is 1. The third kappa shape index (κ3) is 5.36. The Morgan fingerprint density at radius 2 is 1.39 bits per heavy atom. The molecule has 8 heterocycles. The third-order valence-electron chi connectivity index (χ3n) is 14.7. The molecule has 0 radical (unpaired) electrons. The zero-order valence-corrected chi connectivity index (χ0v) is 30.6. The van der Waals surface area contributed by atoms with Crippen LogP contribution in [-0.2, 0) is 43.2 Å². The normalized spacial score (nSPS) is 51.7. The summed E-state index contributed by atoms with van der Waals surface area (Å²) in [5.74, 6) is -0.866. The van der Waals surface area contributed by atoms with Crippen molar-refractivity contribution in [3.05, 3.63) is 30.1 Å². The molecule has 1 N–H and O–H groups in total. The fraction of sp³-hybridized carbons (Fsp3) is 0.821. The molecular formula is C39H54FNO10. The Morgan fingerprint density at radius 3 is 2.00 bits per heavy atom. The van der Waals surface area contributed by atoms with Crippen LogP contribution in [0.25, 0.3) is 0 Å². The third-order valence-corrected chi connectivity index (χ3v) is 14.7. The molecule has 11 nitrogen and oxygen atoms in total. The molecule has 2 aliphatic carbocycles. The number of carbonyl (C=O) groups is 1. The maximum atomic E-state index is 14.1. The Balaban J connectivity index is 1.05. The summed E-state index contributed by atoms with van der Waals surface area (Å²) in [7, 11) is 0. The lowest BCUT2D eigenvalue weighted by molar-refractivity contribution is -0.573. The molecule has 10 fully saturated rings. The van der Waals surface area contributed by atoms with Crippen molar-refractivity contribution in [1.29, 1.82) is 0 Å². The Labute approximate surface area is 299 Å². The smallest absolute Gasteiger partial charge is 0.411 e. The molecule has 2 saturated carbocycles. The topological polar surface area (TPSA) is 112 Å². The van der Waals surface area contributed by atoms with E-state index in [1.165, 1.54) is 12.1 Å². The molecule has 1 aromatic carbocycles. The predicted molar refractivity (Wildman–Crippen MR) is 179 cm³/mol. The van der Waals surface area contributed by atoms with Gasteiger partial charge in [-0.15, -0.1) is 0 Å². The van der Waals surface area contributed by atoms with E-state index in [-0.39, 0.29) is 41.6 Å². The van der Waals surface area contributed by atoms with Crippen molar-refractivity contribution in [1.82, 2.24) is 0 Å². The van der Waals surface area contributed by atoms with E-state index in [4.69, 9.17) is 43.2 Å². The van der Waals surface area contributed by atoms with Gasteiger partial charge in [0.1, 0.15) is 18.0 Å². The summed E-state index contributed by atoms with van der Waals surface area (Å²) in [5.41, 5.74) is -1.15. The molecule has 51 heavy (non-hydrogen) atoms. The van der Waals surface area contributed by atoms with Crippen LogP contribution in [0.4, 0.5) is 14.9 Å². The number of fused-ring (bicyclic) bond motifs is 4. The van der Waals surface area contributed by atoms with Crippen molar-refractivity contribution >= 4 is 11.8 Å². The summed E-state index contributed by atoms with van der Waals surface area (Å²) >= 11 is 0. The highest BCUT2D eigenvalue weighted by Crippen LogP contribution is 2.63. The number of nitrogens with one attached hydrogen (secondary N) is 1. The van der Waals surface area contributed by atoms with Crippen molar-refractivity contribution in [3.8, 4) is 0 Å². The highest BCUT2D eigenvalue weighted by atomic mass is 19.1. The first-order valence-corrected chi connectivity index (χ1v) is 19.5. The molecule has 10 aliphatic rings. The lowest BCUT2D eigenvalue weighted by Crippen LogP contribution is -2.72. The zero-order valence-electron chi connectivity index (χ0n) is 30.6. The van der Waals surface area contributed by atoms with Crippen molar-refractivity contribution in [3.63, 3.8) is 0 Å².